The van der Waals surface area contributed by atoms with E-state index in [2.05, 4.69) is 40.3 Å². The van der Waals surface area contributed by atoms with Crippen LogP contribution in [0.1, 0.15) is 5.56 Å². The molecule has 4 aromatic rings. The van der Waals surface area contributed by atoms with Gasteiger partial charge in [0.1, 0.15) is 12.1 Å². The number of imidazole rings is 1. The fraction of sp³-hybridized carbons (Fsp3) is 0.111. The molecule has 2 aromatic carbocycles. The van der Waals surface area contributed by atoms with Crippen LogP contribution in [0.25, 0.3) is 21.8 Å². The van der Waals surface area contributed by atoms with E-state index in [0.29, 0.717) is 12.5 Å². The smallest absolute Gasteiger partial charge is 0.240 e. The molecule has 0 N–H and O–H groups in total. The first-order chi connectivity index (χ1) is 10.8. The van der Waals surface area contributed by atoms with E-state index in [9.17, 15) is 0 Å². The Hall–Kier alpha value is -2.88. The third-order valence-corrected chi connectivity index (χ3v) is 3.78. The van der Waals surface area contributed by atoms with Crippen LogP contribution in [0.5, 0.6) is 5.88 Å². The minimum Gasteiger partial charge on any atom is -0.471 e. The maximum Gasteiger partial charge on any atom is 0.240 e. The largest absolute Gasteiger partial charge is 0.471 e. The van der Waals surface area contributed by atoms with Crippen LogP contribution in [0.2, 0.25) is 0 Å². The lowest BCUT2D eigenvalue weighted by molar-refractivity contribution is 0.297. The Balaban J connectivity index is 1.64. The minimum absolute atomic E-state index is 0.488. The van der Waals surface area contributed by atoms with Gasteiger partial charge in [-0.3, -0.25) is 0 Å². The van der Waals surface area contributed by atoms with E-state index in [1.165, 1.54) is 10.8 Å². The number of hydrogen-bond donors (Lipinski definition) is 0. The van der Waals surface area contributed by atoms with E-state index >= 15 is 0 Å². The molecule has 0 radical (unpaired) electrons. The Bertz CT molecular complexity index is 959. The van der Waals surface area contributed by atoms with Gasteiger partial charge < -0.3 is 9.30 Å². The van der Waals surface area contributed by atoms with Crippen LogP contribution in [-0.2, 0) is 13.7 Å². The molecule has 0 aliphatic heterocycles. The quantitative estimate of drug-likeness (QED) is 0.577. The normalized spacial score (nSPS) is 11.1. The average molecular weight is 289 g/mol. The van der Waals surface area contributed by atoms with Crippen molar-refractivity contribution < 1.29 is 4.74 Å². The molecule has 0 saturated heterocycles. The van der Waals surface area contributed by atoms with Crippen molar-refractivity contribution in [3.05, 3.63) is 66.6 Å². The van der Waals surface area contributed by atoms with Crippen LogP contribution < -0.4 is 4.74 Å². The number of pyridine rings is 1. The summed E-state index contributed by atoms with van der Waals surface area (Å²) in [6.07, 6.45) is 3.50. The highest BCUT2D eigenvalue weighted by Crippen LogP contribution is 2.23. The van der Waals surface area contributed by atoms with Crippen LogP contribution in [-0.4, -0.2) is 14.5 Å². The zero-order valence-electron chi connectivity index (χ0n) is 12.2. The molecule has 0 unspecified atom stereocenters. The average Bonchev–Trinajstić information content (AvgIpc) is 2.95. The van der Waals surface area contributed by atoms with E-state index < -0.39 is 0 Å². The number of ether oxygens (including phenoxy) is 1. The fourth-order valence-electron chi connectivity index (χ4n) is 2.65. The zero-order valence-corrected chi connectivity index (χ0v) is 12.2. The first-order valence-corrected chi connectivity index (χ1v) is 7.18. The molecule has 4 nitrogen and oxygen atoms in total. The molecule has 0 atom stereocenters. The summed E-state index contributed by atoms with van der Waals surface area (Å²) in [6, 6.07) is 16.6. The number of benzene rings is 2. The van der Waals surface area contributed by atoms with Gasteiger partial charge in [0.05, 0.1) is 11.8 Å². The van der Waals surface area contributed by atoms with Crippen molar-refractivity contribution in [2.75, 3.05) is 0 Å². The highest BCUT2D eigenvalue weighted by Gasteiger charge is 2.08. The summed E-state index contributed by atoms with van der Waals surface area (Å²) in [5.41, 5.74) is 2.94. The molecule has 0 bridgehead atoms. The lowest BCUT2D eigenvalue weighted by Crippen LogP contribution is -1.99. The first kappa shape index (κ1) is 12.8. The second-order valence-corrected chi connectivity index (χ2v) is 5.31. The van der Waals surface area contributed by atoms with Crippen molar-refractivity contribution in [1.29, 1.82) is 0 Å². The van der Waals surface area contributed by atoms with Gasteiger partial charge in [-0.1, -0.05) is 36.4 Å². The van der Waals surface area contributed by atoms with Gasteiger partial charge in [-0.25, -0.2) is 9.97 Å². The second-order valence-electron chi connectivity index (χ2n) is 5.31. The zero-order chi connectivity index (χ0) is 14.9. The van der Waals surface area contributed by atoms with Gasteiger partial charge in [-0.2, -0.15) is 0 Å². The molecule has 0 fully saturated rings. The predicted octanol–water partition coefficient (Wildman–Crippen LogP) is 3.70. The topological polar surface area (TPSA) is 39.9 Å². The maximum absolute atomic E-state index is 5.92. The van der Waals surface area contributed by atoms with Crippen molar-refractivity contribution in [2.45, 2.75) is 6.61 Å². The minimum atomic E-state index is 0.488. The van der Waals surface area contributed by atoms with Crippen molar-refractivity contribution in [1.82, 2.24) is 14.5 Å². The van der Waals surface area contributed by atoms with Crippen molar-refractivity contribution in [3.8, 4) is 5.88 Å². The Morgan fingerprint density at radius 1 is 1.00 bits per heavy atom. The number of aryl methyl sites for hydroxylation is 1. The van der Waals surface area contributed by atoms with Gasteiger partial charge >= 0.3 is 0 Å². The predicted molar refractivity (Wildman–Crippen MR) is 86.8 cm³/mol. The standard InChI is InChI=1S/C18H15N3O/c1-21-12-20-16-8-9-19-18(17(16)21)22-11-13-6-7-14-4-2-3-5-15(14)10-13/h2-10,12H,11H2,1H3. The third kappa shape index (κ3) is 2.19. The van der Waals surface area contributed by atoms with Crippen LogP contribution in [0, 0.1) is 0 Å². The molecule has 4 heteroatoms. The summed E-state index contributed by atoms with van der Waals surface area (Å²) in [7, 11) is 1.94. The molecule has 108 valence electrons. The van der Waals surface area contributed by atoms with Crippen LogP contribution in [0.4, 0.5) is 0 Å². The Kier molecular flexibility index (Phi) is 3.00. The van der Waals surface area contributed by atoms with Gasteiger partial charge in [-0.05, 0) is 28.5 Å². The van der Waals surface area contributed by atoms with Crippen LogP contribution in [0.15, 0.2) is 61.1 Å². The van der Waals surface area contributed by atoms with Gasteiger partial charge in [0.2, 0.25) is 5.88 Å². The van der Waals surface area contributed by atoms with E-state index in [-0.39, 0.29) is 0 Å². The monoisotopic (exact) mass is 289 g/mol. The van der Waals surface area contributed by atoms with Crippen LogP contribution in [0.3, 0.4) is 0 Å². The Morgan fingerprint density at radius 3 is 2.77 bits per heavy atom. The molecular formula is C18H15N3O. The summed E-state index contributed by atoms with van der Waals surface area (Å²) < 4.78 is 7.85. The van der Waals surface area contributed by atoms with E-state index in [4.69, 9.17) is 4.74 Å². The summed E-state index contributed by atoms with van der Waals surface area (Å²) >= 11 is 0. The molecule has 0 aliphatic carbocycles. The van der Waals surface area contributed by atoms with E-state index in [0.717, 1.165) is 16.6 Å². The lowest BCUT2D eigenvalue weighted by atomic mass is 10.1. The SMILES string of the molecule is Cn1cnc2ccnc(OCc3ccc4ccccc4c3)c21. The molecule has 0 saturated carbocycles. The van der Waals surface area contributed by atoms with Gasteiger partial charge in [0.15, 0.2) is 0 Å². The van der Waals surface area contributed by atoms with Gasteiger partial charge in [0, 0.05) is 13.2 Å². The molecule has 22 heavy (non-hydrogen) atoms. The van der Waals surface area contributed by atoms with E-state index in [1.54, 1.807) is 12.5 Å². The second kappa shape index (κ2) is 5.15. The first-order valence-electron chi connectivity index (χ1n) is 7.18. The highest BCUT2D eigenvalue weighted by atomic mass is 16.5. The van der Waals surface area contributed by atoms with Crippen LogP contribution >= 0.6 is 0 Å². The Labute approximate surface area is 128 Å². The number of hydrogen-bond acceptors (Lipinski definition) is 3. The number of rotatable bonds is 3. The van der Waals surface area contributed by atoms with Gasteiger partial charge in [0.25, 0.3) is 0 Å². The van der Waals surface area contributed by atoms with Crippen molar-refractivity contribution in [3.63, 3.8) is 0 Å². The fourth-order valence-corrected chi connectivity index (χ4v) is 2.65. The highest BCUT2D eigenvalue weighted by molar-refractivity contribution is 5.83. The number of aromatic nitrogens is 3. The molecule has 0 aliphatic rings. The molecule has 2 heterocycles. The van der Waals surface area contributed by atoms with E-state index in [1.807, 2.05) is 29.8 Å². The number of fused-ring (bicyclic) bond motifs is 2. The van der Waals surface area contributed by atoms with Crippen molar-refractivity contribution >= 4 is 21.8 Å². The molecule has 0 amide bonds. The lowest BCUT2D eigenvalue weighted by Gasteiger charge is -2.08. The molecular weight excluding hydrogens is 274 g/mol. The number of nitrogens with zero attached hydrogens (tertiary/aromatic N) is 3. The maximum atomic E-state index is 5.92. The summed E-state index contributed by atoms with van der Waals surface area (Å²) in [5.74, 6) is 0.616. The van der Waals surface area contributed by atoms with Gasteiger partial charge in [-0.15, -0.1) is 0 Å². The summed E-state index contributed by atoms with van der Waals surface area (Å²) in [5, 5.41) is 2.45. The Morgan fingerprint density at radius 2 is 1.86 bits per heavy atom. The summed E-state index contributed by atoms with van der Waals surface area (Å²) in [6.45, 7) is 0.488. The van der Waals surface area contributed by atoms with Crippen molar-refractivity contribution in [2.24, 2.45) is 7.05 Å². The molecule has 0 spiro atoms. The molecule has 4 rings (SSSR count). The molecule has 2 aromatic heterocycles. The third-order valence-electron chi connectivity index (χ3n) is 3.78. The summed E-state index contributed by atoms with van der Waals surface area (Å²) in [4.78, 5) is 8.65.